The fourth-order valence-corrected chi connectivity index (χ4v) is 5.26. The highest BCUT2D eigenvalue weighted by atomic mass is 32.2. The number of hydrogen-bond acceptors (Lipinski definition) is 5. The van der Waals surface area contributed by atoms with Crippen molar-refractivity contribution < 1.29 is 18.3 Å². The lowest BCUT2D eigenvalue weighted by molar-refractivity contribution is 0.0727. The summed E-state index contributed by atoms with van der Waals surface area (Å²) < 4.78 is 33.6. The maximum atomic E-state index is 13.4. The highest BCUT2D eigenvalue weighted by Crippen LogP contribution is 2.39. The number of ether oxygens (including phenoxy) is 1. The molecule has 0 spiro atoms. The fraction of sp³-hybridized carbons (Fsp3) is 0.227. The molecule has 0 bridgehead atoms. The van der Waals surface area contributed by atoms with Crippen LogP contribution >= 0.6 is 0 Å². The van der Waals surface area contributed by atoms with Crippen molar-refractivity contribution in [3.05, 3.63) is 95.8 Å². The van der Waals surface area contributed by atoms with E-state index in [9.17, 15) is 13.5 Å². The van der Waals surface area contributed by atoms with Gasteiger partial charge in [-0.3, -0.25) is 4.98 Å². The molecule has 1 fully saturated rings. The van der Waals surface area contributed by atoms with Crippen molar-refractivity contribution in [2.24, 2.45) is 0 Å². The summed E-state index contributed by atoms with van der Waals surface area (Å²) >= 11 is 0. The van der Waals surface area contributed by atoms with E-state index in [0.717, 1.165) is 0 Å². The first-order valence-corrected chi connectivity index (χ1v) is 10.8. The van der Waals surface area contributed by atoms with Crippen LogP contribution in [0.1, 0.15) is 16.7 Å². The summed E-state index contributed by atoms with van der Waals surface area (Å²) in [6, 6.07) is 19.5. The zero-order chi connectivity index (χ0) is 20.3. The average molecular weight is 410 g/mol. The summed E-state index contributed by atoms with van der Waals surface area (Å²) in [4.78, 5) is 4.20. The van der Waals surface area contributed by atoms with Gasteiger partial charge in [-0.1, -0.05) is 60.7 Å². The normalized spacial score (nSPS) is 15.9. The number of aromatic nitrogens is 1. The van der Waals surface area contributed by atoms with Gasteiger partial charge in [-0.05, 0) is 17.2 Å². The minimum absolute atomic E-state index is 0.0459. The molecule has 4 rings (SSSR count). The number of hydrogen-bond donors (Lipinski definition) is 1. The van der Waals surface area contributed by atoms with Crippen LogP contribution in [-0.2, 0) is 20.4 Å². The van der Waals surface area contributed by atoms with Crippen LogP contribution in [0.5, 0.6) is 0 Å². The first kappa shape index (κ1) is 19.7. The van der Waals surface area contributed by atoms with Crippen LogP contribution in [0.25, 0.3) is 0 Å². The minimum Gasteiger partial charge on any atom is -0.379 e. The van der Waals surface area contributed by atoms with Crippen LogP contribution in [0.4, 0.5) is 0 Å². The molecule has 1 N–H and O–H groups in total. The molecule has 150 valence electrons. The van der Waals surface area contributed by atoms with E-state index in [1.807, 2.05) is 36.4 Å². The van der Waals surface area contributed by atoms with Crippen molar-refractivity contribution in [2.45, 2.75) is 10.5 Å². The largest absolute Gasteiger partial charge is 0.379 e. The number of rotatable bonds is 5. The van der Waals surface area contributed by atoms with Gasteiger partial charge in [-0.15, -0.1) is 0 Å². The molecule has 29 heavy (non-hydrogen) atoms. The molecule has 0 aliphatic carbocycles. The van der Waals surface area contributed by atoms with Crippen LogP contribution in [0.2, 0.25) is 0 Å². The molecule has 2 heterocycles. The van der Waals surface area contributed by atoms with Crippen molar-refractivity contribution in [3.8, 4) is 0 Å². The number of aliphatic hydroxyl groups is 1. The number of nitrogens with zero attached hydrogens (tertiary/aromatic N) is 2. The Morgan fingerprint density at radius 2 is 1.45 bits per heavy atom. The Balaban J connectivity index is 1.94. The lowest BCUT2D eigenvalue weighted by Crippen LogP contribution is -2.42. The smallest absolute Gasteiger partial charge is 0.243 e. The first-order chi connectivity index (χ1) is 14.0. The number of morpholine rings is 1. The predicted octanol–water partition coefficient (Wildman–Crippen LogP) is 2.39. The molecule has 0 atom stereocenters. The van der Waals surface area contributed by atoms with Gasteiger partial charge in [0.15, 0.2) is 0 Å². The Bertz CT molecular complexity index is 1030. The SMILES string of the molecule is O=S(=O)(c1ccncc1C(O)(c1ccccc1)c1ccccc1)N1CCOCC1. The molecule has 2 aromatic carbocycles. The Morgan fingerprint density at radius 1 is 0.897 bits per heavy atom. The lowest BCUT2D eigenvalue weighted by atomic mass is 9.81. The van der Waals surface area contributed by atoms with Crippen molar-refractivity contribution in [1.29, 1.82) is 0 Å². The third kappa shape index (κ3) is 3.58. The number of benzene rings is 2. The standard InChI is InChI=1S/C22H22N2O4S/c25-22(18-7-3-1-4-8-18,19-9-5-2-6-10-19)20-17-23-12-11-21(20)29(26,27)24-13-15-28-16-14-24/h1-12,17,25H,13-16H2. The molecule has 3 aromatic rings. The second kappa shape index (κ2) is 8.04. The molecule has 0 amide bonds. The monoisotopic (exact) mass is 410 g/mol. The van der Waals surface area contributed by atoms with Crippen LogP contribution in [0.15, 0.2) is 84.0 Å². The second-order valence-electron chi connectivity index (χ2n) is 6.83. The fourth-order valence-electron chi connectivity index (χ4n) is 3.64. The summed E-state index contributed by atoms with van der Waals surface area (Å²) in [7, 11) is -3.84. The van der Waals surface area contributed by atoms with Crippen molar-refractivity contribution in [1.82, 2.24) is 9.29 Å². The van der Waals surface area contributed by atoms with E-state index in [0.29, 0.717) is 24.3 Å². The van der Waals surface area contributed by atoms with Crippen molar-refractivity contribution in [2.75, 3.05) is 26.3 Å². The predicted molar refractivity (Wildman–Crippen MR) is 109 cm³/mol. The van der Waals surface area contributed by atoms with Crippen molar-refractivity contribution in [3.63, 3.8) is 0 Å². The van der Waals surface area contributed by atoms with Gasteiger partial charge < -0.3 is 9.84 Å². The number of pyridine rings is 1. The van der Waals surface area contributed by atoms with Gasteiger partial charge in [0, 0.05) is 31.0 Å². The summed E-state index contributed by atoms with van der Waals surface area (Å²) in [5.74, 6) is 0. The Kier molecular flexibility index (Phi) is 5.47. The Morgan fingerprint density at radius 3 is 2.00 bits per heavy atom. The lowest BCUT2D eigenvalue weighted by Gasteiger charge is -2.33. The molecule has 0 unspecified atom stereocenters. The van der Waals surface area contributed by atoms with Crippen LogP contribution in [0, 0.1) is 0 Å². The van der Waals surface area contributed by atoms with Crippen LogP contribution in [0.3, 0.4) is 0 Å². The van der Waals surface area contributed by atoms with Gasteiger partial charge in [0.2, 0.25) is 10.0 Å². The molecule has 1 saturated heterocycles. The van der Waals surface area contributed by atoms with E-state index in [-0.39, 0.29) is 23.5 Å². The topological polar surface area (TPSA) is 79.7 Å². The summed E-state index contributed by atoms with van der Waals surface area (Å²) in [6.45, 7) is 1.25. The highest BCUT2D eigenvalue weighted by Gasteiger charge is 2.40. The molecule has 7 heteroatoms. The van der Waals surface area contributed by atoms with Gasteiger partial charge in [0.25, 0.3) is 0 Å². The van der Waals surface area contributed by atoms with Gasteiger partial charge >= 0.3 is 0 Å². The zero-order valence-corrected chi connectivity index (χ0v) is 16.6. The average Bonchev–Trinajstić information content (AvgIpc) is 2.80. The van der Waals surface area contributed by atoms with Crippen LogP contribution < -0.4 is 0 Å². The van der Waals surface area contributed by atoms with E-state index in [2.05, 4.69) is 4.98 Å². The van der Waals surface area contributed by atoms with E-state index < -0.39 is 15.6 Å². The zero-order valence-electron chi connectivity index (χ0n) is 15.8. The summed E-state index contributed by atoms with van der Waals surface area (Å²) in [6.07, 6.45) is 2.88. The van der Waals surface area contributed by atoms with Crippen molar-refractivity contribution >= 4 is 10.0 Å². The maximum absolute atomic E-state index is 13.4. The van der Waals surface area contributed by atoms with E-state index in [1.165, 1.54) is 22.8 Å². The Hall–Kier alpha value is -2.58. The van der Waals surface area contributed by atoms with Gasteiger partial charge in [0.05, 0.1) is 18.1 Å². The second-order valence-corrected chi connectivity index (χ2v) is 8.74. The Labute approximate surface area is 170 Å². The van der Waals surface area contributed by atoms with Gasteiger partial charge in [-0.2, -0.15) is 4.31 Å². The molecule has 0 saturated carbocycles. The third-order valence-electron chi connectivity index (χ3n) is 5.14. The molecule has 1 aromatic heterocycles. The van der Waals surface area contributed by atoms with Gasteiger partial charge in [-0.25, -0.2) is 8.42 Å². The quantitative estimate of drug-likeness (QED) is 0.699. The van der Waals surface area contributed by atoms with E-state index >= 15 is 0 Å². The number of sulfonamides is 1. The van der Waals surface area contributed by atoms with Crippen LogP contribution in [-0.4, -0.2) is 49.1 Å². The molecular weight excluding hydrogens is 388 g/mol. The molecule has 0 radical (unpaired) electrons. The van der Waals surface area contributed by atoms with E-state index in [4.69, 9.17) is 4.74 Å². The molecule has 6 nitrogen and oxygen atoms in total. The summed E-state index contributed by atoms with van der Waals surface area (Å²) in [5, 5.41) is 12.0. The maximum Gasteiger partial charge on any atom is 0.243 e. The summed E-state index contributed by atoms with van der Waals surface area (Å²) in [5.41, 5.74) is -0.315. The molecular formula is C22H22N2O4S. The molecule has 1 aliphatic rings. The third-order valence-corrected chi connectivity index (χ3v) is 7.10. The first-order valence-electron chi connectivity index (χ1n) is 9.40. The van der Waals surface area contributed by atoms with E-state index in [1.54, 1.807) is 24.3 Å². The highest BCUT2D eigenvalue weighted by molar-refractivity contribution is 7.89. The molecule has 1 aliphatic heterocycles. The minimum atomic E-state index is -3.84. The van der Waals surface area contributed by atoms with Gasteiger partial charge in [0.1, 0.15) is 5.60 Å².